The van der Waals surface area contributed by atoms with E-state index in [0.29, 0.717) is 12.1 Å². The van der Waals surface area contributed by atoms with E-state index in [1.807, 2.05) is 17.9 Å². The summed E-state index contributed by atoms with van der Waals surface area (Å²) in [6, 6.07) is 3.14. The van der Waals surface area contributed by atoms with Crippen molar-refractivity contribution in [1.82, 2.24) is 14.7 Å². The van der Waals surface area contributed by atoms with Gasteiger partial charge < -0.3 is 5.73 Å². The fourth-order valence-electron chi connectivity index (χ4n) is 2.71. The molecular weight excluding hydrogens is 176 g/mol. The van der Waals surface area contributed by atoms with Crippen molar-refractivity contribution < 1.29 is 0 Å². The van der Waals surface area contributed by atoms with E-state index in [4.69, 9.17) is 5.73 Å². The molecule has 14 heavy (non-hydrogen) atoms. The molecule has 2 N–H and O–H groups in total. The number of nitrogens with zero attached hydrogens (tertiary/aromatic N) is 3. The fraction of sp³-hybridized carbons (Fsp3) is 0.700. The molecule has 3 aliphatic rings. The molecule has 3 unspecified atom stereocenters. The summed E-state index contributed by atoms with van der Waals surface area (Å²) in [5, 5.41) is 4.39. The smallest absolute Gasteiger partial charge is 0.0764 e. The van der Waals surface area contributed by atoms with E-state index in [0.717, 1.165) is 18.2 Å². The standard InChI is InChI=1S/C10H16N4/c1-13-3-2-8(12-13)6-14-5-7-4-9(14)10(7)11/h2-3,7,9-10H,4-6,11H2,1H3. The second kappa shape index (κ2) is 2.81. The van der Waals surface area contributed by atoms with Crippen LogP contribution >= 0.6 is 0 Å². The minimum atomic E-state index is 0.429. The molecule has 3 heterocycles. The summed E-state index contributed by atoms with van der Waals surface area (Å²) >= 11 is 0. The van der Waals surface area contributed by atoms with Crippen LogP contribution in [0.2, 0.25) is 0 Å². The summed E-state index contributed by atoms with van der Waals surface area (Å²) in [5.41, 5.74) is 7.17. The SMILES string of the molecule is Cn1ccc(CN2CC3CC2C3N)n1. The molecule has 0 amide bonds. The van der Waals surface area contributed by atoms with Gasteiger partial charge in [-0.1, -0.05) is 0 Å². The Hall–Kier alpha value is -0.870. The van der Waals surface area contributed by atoms with Crippen LogP contribution in [0.3, 0.4) is 0 Å². The van der Waals surface area contributed by atoms with Crippen molar-refractivity contribution in [3.05, 3.63) is 18.0 Å². The van der Waals surface area contributed by atoms with Crippen LogP contribution in [-0.2, 0) is 13.6 Å². The van der Waals surface area contributed by atoms with Crippen molar-refractivity contribution >= 4 is 0 Å². The second-order valence-electron chi connectivity index (χ2n) is 4.55. The third-order valence-corrected chi connectivity index (χ3v) is 3.60. The lowest BCUT2D eigenvalue weighted by Gasteiger charge is -2.33. The summed E-state index contributed by atoms with van der Waals surface area (Å²) in [6.45, 7) is 2.14. The zero-order valence-corrected chi connectivity index (χ0v) is 8.43. The first-order valence-electron chi connectivity index (χ1n) is 5.22. The van der Waals surface area contributed by atoms with Crippen LogP contribution in [0, 0.1) is 5.92 Å². The number of hydrogen-bond acceptors (Lipinski definition) is 3. The predicted octanol–water partition coefficient (Wildman–Crippen LogP) is -0.0485. The number of aromatic nitrogens is 2. The van der Waals surface area contributed by atoms with Gasteiger partial charge in [-0.15, -0.1) is 0 Å². The van der Waals surface area contributed by atoms with E-state index >= 15 is 0 Å². The predicted molar refractivity (Wildman–Crippen MR) is 53.5 cm³/mol. The van der Waals surface area contributed by atoms with Crippen molar-refractivity contribution in [2.75, 3.05) is 6.54 Å². The highest BCUT2D eigenvalue weighted by Crippen LogP contribution is 2.40. The number of rotatable bonds is 2. The summed E-state index contributed by atoms with van der Waals surface area (Å²) in [4.78, 5) is 2.47. The highest BCUT2D eigenvalue weighted by atomic mass is 15.3. The summed E-state index contributed by atoms with van der Waals surface area (Å²) < 4.78 is 1.86. The lowest BCUT2D eigenvalue weighted by molar-refractivity contribution is 0.206. The van der Waals surface area contributed by atoms with Crippen molar-refractivity contribution in [3.8, 4) is 0 Å². The Bertz CT molecular complexity index is 346. The molecule has 0 radical (unpaired) electrons. The number of aryl methyl sites for hydroxylation is 1. The van der Waals surface area contributed by atoms with Crippen molar-refractivity contribution in [1.29, 1.82) is 0 Å². The second-order valence-corrected chi connectivity index (χ2v) is 4.55. The molecule has 76 valence electrons. The van der Waals surface area contributed by atoms with Crippen molar-refractivity contribution in [2.45, 2.75) is 25.0 Å². The third kappa shape index (κ3) is 1.11. The quantitative estimate of drug-likeness (QED) is 0.714. The van der Waals surface area contributed by atoms with E-state index in [1.54, 1.807) is 0 Å². The van der Waals surface area contributed by atoms with Crippen LogP contribution in [0.1, 0.15) is 12.1 Å². The van der Waals surface area contributed by atoms with Crippen LogP contribution in [0.5, 0.6) is 0 Å². The van der Waals surface area contributed by atoms with Gasteiger partial charge in [-0.05, 0) is 18.4 Å². The molecule has 3 fully saturated rings. The van der Waals surface area contributed by atoms with Gasteiger partial charge in [0, 0.05) is 38.4 Å². The molecule has 4 rings (SSSR count). The molecule has 4 nitrogen and oxygen atoms in total. The normalized spacial score (nSPS) is 36.0. The molecule has 0 spiro atoms. The average Bonchev–Trinajstić information content (AvgIpc) is 2.79. The average molecular weight is 192 g/mol. The Morgan fingerprint density at radius 3 is 3.00 bits per heavy atom. The molecule has 2 aliphatic heterocycles. The molecular formula is C10H16N4. The fourth-order valence-corrected chi connectivity index (χ4v) is 2.71. The minimum Gasteiger partial charge on any atom is -0.326 e. The molecule has 1 aromatic heterocycles. The highest BCUT2D eigenvalue weighted by molar-refractivity contribution is 5.09. The zero-order valence-electron chi connectivity index (χ0n) is 8.43. The molecule has 4 heteroatoms. The monoisotopic (exact) mass is 192 g/mol. The van der Waals surface area contributed by atoms with Crippen molar-refractivity contribution in [2.24, 2.45) is 18.7 Å². The number of nitrogens with two attached hydrogens (primary N) is 1. The van der Waals surface area contributed by atoms with Crippen LogP contribution < -0.4 is 5.73 Å². The molecule has 1 aliphatic carbocycles. The molecule has 1 aromatic rings. The maximum atomic E-state index is 6.01. The van der Waals surface area contributed by atoms with E-state index in [-0.39, 0.29) is 0 Å². The molecule has 3 atom stereocenters. The van der Waals surface area contributed by atoms with Gasteiger partial charge in [0.15, 0.2) is 0 Å². The van der Waals surface area contributed by atoms with Gasteiger partial charge in [0.25, 0.3) is 0 Å². The minimum absolute atomic E-state index is 0.429. The van der Waals surface area contributed by atoms with E-state index in [2.05, 4.69) is 16.1 Å². The van der Waals surface area contributed by atoms with E-state index in [9.17, 15) is 0 Å². The molecule has 1 saturated carbocycles. The van der Waals surface area contributed by atoms with Gasteiger partial charge in [-0.25, -0.2) is 0 Å². The molecule has 2 bridgehead atoms. The van der Waals surface area contributed by atoms with Gasteiger partial charge in [0.1, 0.15) is 0 Å². The Morgan fingerprint density at radius 2 is 2.50 bits per heavy atom. The zero-order chi connectivity index (χ0) is 9.71. The first kappa shape index (κ1) is 8.44. The van der Waals surface area contributed by atoms with E-state index in [1.165, 1.54) is 13.0 Å². The van der Waals surface area contributed by atoms with Gasteiger partial charge in [0.2, 0.25) is 0 Å². The Labute approximate surface area is 83.7 Å². The molecule has 2 saturated heterocycles. The summed E-state index contributed by atoms with van der Waals surface area (Å²) in [5.74, 6) is 0.753. The summed E-state index contributed by atoms with van der Waals surface area (Å²) in [7, 11) is 1.96. The van der Waals surface area contributed by atoms with Gasteiger partial charge in [-0.3, -0.25) is 9.58 Å². The first-order chi connectivity index (χ1) is 6.74. The van der Waals surface area contributed by atoms with Crippen LogP contribution in [-0.4, -0.2) is 33.3 Å². The first-order valence-corrected chi connectivity index (χ1v) is 5.22. The highest BCUT2D eigenvalue weighted by Gasteiger charge is 2.49. The van der Waals surface area contributed by atoms with Crippen LogP contribution in [0.25, 0.3) is 0 Å². The lowest BCUT2D eigenvalue weighted by Crippen LogP contribution is -2.49. The maximum Gasteiger partial charge on any atom is 0.0764 e. The largest absolute Gasteiger partial charge is 0.326 e. The molecule has 0 aromatic carbocycles. The number of fused-ring (bicyclic) bond motifs is 1. The van der Waals surface area contributed by atoms with Crippen LogP contribution in [0.15, 0.2) is 12.3 Å². The van der Waals surface area contributed by atoms with Gasteiger partial charge in [-0.2, -0.15) is 5.10 Å². The van der Waals surface area contributed by atoms with Crippen LogP contribution in [0.4, 0.5) is 0 Å². The van der Waals surface area contributed by atoms with Gasteiger partial charge in [0.05, 0.1) is 5.69 Å². The summed E-state index contributed by atoms with van der Waals surface area (Å²) in [6.07, 6.45) is 3.30. The Kier molecular flexibility index (Phi) is 1.69. The number of hydrogen-bond donors (Lipinski definition) is 1. The topological polar surface area (TPSA) is 47.1 Å². The van der Waals surface area contributed by atoms with Gasteiger partial charge >= 0.3 is 0 Å². The van der Waals surface area contributed by atoms with E-state index < -0.39 is 0 Å². The lowest BCUT2D eigenvalue weighted by atomic mass is 9.81. The maximum absolute atomic E-state index is 6.01. The van der Waals surface area contributed by atoms with Crippen molar-refractivity contribution in [3.63, 3.8) is 0 Å². The third-order valence-electron chi connectivity index (χ3n) is 3.60. The Balaban J connectivity index is 1.69. The Morgan fingerprint density at radius 1 is 1.64 bits per heavy atom.